The van der Waals surface area contributed by atoms with Gasteiger partial charge in [-0.05, 0) is 17.9 Å². The van der Waals surface area contributed by atoms with Gasteiger partial charge in [0.1, 0.15) is 19.2 Å². The minimum Gasteiger partial charge on any atom is -0.467 e. The number of methoxy groups -OCH3 is 1. The highest BCUT2D eigenvalue weighted by Crippen LogP contribution is 2.06. The Hall–Kier alpha value is -2.57. The van der Waals surface area contributed by atoms with Crippen molar-refractivity contribution in [2.24, 2.45) is 5.92 Å². The molecule has 24 heavy (non-hydrogen) atoms. The lowest BCUT2D eigenvalue weighted by Crippen LogP contribution is -2.46. The van der Waals surface area contributed by atoms with Crippen LogP contribution in [-0.4, -0.2) is 37.7 Å². The van der Waals surface area contributed by atoms with Gasteiger partial charge in [-0.3, -0.25) is 4.79 Å². The lowest BCUT2D eigenvalue weighted by molar-refractivity contribution is -0.145. The molecule has 2 N–H and O–H groups in total. The minimum absolute atomic E-state index is 0.117. The van der Waals surface area contributed by atoms with Gasteiger partial charge in [-0.2, -0.15) is 0 Å². The van der Waals surface area contributed by atoms with Crippen molar-refractivity contribution >= 4 is 18.0 Å². The maximum Gasteiger partial charge on any atom is 0.407 e. The predicted molar refractivity (Wildman–Crippen MR) is 88.0 cm³/mol. The smallest absolute Gasteiger partial charge is 0.407 e. The zero-order chi connectivity index (χ0) is 17.9. The highest BCUT2D eigenvalue weighted by molar-refractivity contribution is 5.87. The molecule has 1 atom stereocenters. The number of alkyl carbamates (subject to hydrolysis) is 1. The summed E-state index contributed by atoms with van der Waals surface area (Å²) in [5.41, 5.74) is 0.847. The fourth-order valence-corrected chi connectivity index (χ4v) is 2.00. The van der Waals surface area contributed by atoms with Crippen molar-refractivity contribution in [2.45, 2.75) is 32.9 Å². The Kier molecular flexibility index (Phi) is 8.32. The second-order valence-corrected chi connectivity index (χ2v) is 5.69. The molecule has 0 aromatic heterocycles. The van der Waals surface area contributed by atoms with Crippen LogP contribution < -0.4 is 10.6 Å². The molecule has 2 amide bonds. The molecule has 0 aliphatic heterocycles. The molecule has 0 fully saturated rings. The van der Waals surface area contributed by atoms with Crippen LogP contribution in [0, 0.1) is 5.92 Å². The molecule has 0 bridgehead atoms. The van der Waals surface area contributed by atoms with Gasteiger partial charge >= 0.3 is 12.1 Å². The van der Waals surface area contributed by atoms with E-state index < -0.39 is 24.0 Å². The van der Waals surface area contributed by atoms with Gasteiger partial charge in [-0.25, -0.2) is 9.59 Å². The van der Waals surface area contributed by atoms with Crippen molar-refractivity contribution in [3.8, 4) is 0 Å². The van der Waals surface area contributed by atoms with Crippen molar-refractivity contribution in [2.75, 3.05) is 13.7 Å². The monoisotopic (exact) mass is 336 g/mol. The highest BCUT2D eigenvalue weighted by atomic mass is 16.5. The van der Waals surface area contributed by atoms with Crippen LogP contribution in [0.1, 0.15) is 25.8 Å². The standard InChI is InChI=1S/C17H24N2O5/c1-12(2)9-14(16(21)23-3)19-15(20)10-18-17(22)24-11-13-7-5-4-6-8-13/h4-8,12,14H,9-11H2,1-3H3,(H,18,22)(H,19,20)/t14-/m1/s1. The molecule has 7 nitrogen and oxygen atoms in total. The zero-order valence-electron chi connectivity index (χ0n) is 14.2. The van der Waals surface area contributed by atoms with E-state index in [0.29, 0.717) is 6.42 Å². The van der Waals surface area contributed by atoms with E-state index in [2.05, 4.69) is 15.4 Å². The van der Waals surface area contributed by atoms with Crippen LogP contribution in [-0.2, 0) is 25.7 Å². The number of rotatable bonds is 8. The van der Waals surface area contributed by atoms with Gasteiger partial charge in [-0.1, -0.05) is 44.2 Å². The molecule has 1 rings (SSSR count). The Morgan fingerprint density at radius 3 is 2.38 bits per heavy atom. The molecule has 0 spiro atoms. The molecule has 1 aromatic carbocycles. The number of amides is 2. The third-order valence-electron chi connectivity index (χ3n) is 3.13. The van der Waals surface area contributed by atoms with Crippen molar-refractivity contribution in [3.63, 3.8) is 0 Å². The van der Waals surface area contributed by atoms with Crippen molar-refractivity contribution < 1.29 is 23.9 Å². The maximum atomic E-state index is 11.8. The average Bonchev–Trinajstić information content (AvgIpc) is 2.57. The van der Waals surface area contributed by atoms with Crippen LogP contribution in [0.25, 0.3) is 0 Å². The summed E-state index contributed by atoms with van der Waals surface area (Å²) in [6, 6.07) is 8.46. The topological polar surface area (TPSA) is 93.7 Å². The second-order valence-electron chi connectivity index (χ2n) is 5.69. The summed E-state index contributed by atoms with van der Waals surface area (Å²) in [6.45, 7) is 3.70. The van der Waals surface area contributed by atoms with E-state index in [4.69, 9.17) is 4.74 Å². The van der Waals surface area contributed by atoms with Crippen LogP contribution in [0.4, 0.5) is 4.79 Å². The van der Waals surface area contributed by atoms with Crippen molar-refractivity contribution in [1.29, 1.82) is 0 Å². The van der Waals surface area contributed by atoms with Crippen LogP contribution in [0.2, 0.25) is 0 Å². The van der Waals surface area contributed by atoms with Gasteiger partial charge in [0.2, 0.25) is 5.91 Å². The predicted octanol–water partition coefficient (Wildman–Crippen LogP) is 1.62. The summed E-state index contributed by atoms with van der Waals surface area (Å²) in [4.78, 5) is 35.0. The molecule has 0 heterocycles. The lowest BCUT2D eigenvalue weighted by Gasteiger charge is -2.18. The number of benzene rings is 1. The van der Waals surface area contributed by atoms with Gasteiger partial charge in [0, 0.05) is 0 Å². The number of esters is 1. The number of carbonyl (C=O) groups excluding carboxylic acids is 3. The van der Waals surface area contributed by atoms with Gasteiger partial charge in [0.25, 0.3) is 0 Å². The average molecular weight is 336 g/mol. The van der Waals surface area contributed by atoms with E-state index in [1.54, 1.807) is 0 Å². The van der Waals surface area contributed by atoms with E-state index >= 15 is 0 Å². The van der Waals surface area contributed by atoms with Crippen LogP contribution in [0.3, 0.4) is 0 Å². The molecule has 0 saturated carbocycles. The van der Waals surface area contributed by atoms with Crippen molar-refractivity contribution in [1.82, 2.24) is 10.6 Å². The molecule has 0 aliphatic rings. The van der Waals surface area contributed by atoms with E-state index in [1.807, 2.05) is 44.2 Å². The number of nitrogens with one attached hydrogen (secondary N) is 2. The van der Waals surface area contributed by atoms with Gasteiger partial charge in [0.15, 0.2) is 0 Å². The molecule has 0 aliphatic carbocycles. The summed E-state index contributed by atoms with van der Waals surface area (Å²) in [7, 11) is 1.26. The fraction of sp³-hybridized carbons (Fsp3) is 0.471. The Balaban J connectivity index is 2.35. The van der Waals surface area contributed by atoms with E-state index in [1.165, 1.54) is 7.11 Å². The summed E-state index contributed by atoms with van der Waals surface area (Å²) in [5, 5.41) is 4.89. The molecular formula is C17H24N2O5. The Morgan fingerprint density at radius 2 is 1.79 bits per heavy atom. The Morgan fingerprint density at radius 1 is 1.12 bits per heavy atom. The molecular weight excluding hydrogens is 312 g/mol. The Bertz CT molecular complexity index is 545. The Labute approximate surface area is 141 Å². The fourth-order valence-electron chi connectivity index (χ4n) is 2.00. The van der Waals surface area contributed by atoms with Crippen LogP contribution >= 0.6 is 0 Å². The first-order chi connectivity index (χ1) is 11.4. The normalized spacial score (nSPS) is 11.5. The third kappa shape index (κ3) is 7.62. The first kappa shape index (κ1) is 19.5. The van der Waals surface area contributed by atoms with Crippen molar-refractivity contribution in [3.05, 3.63) is 35.9 Å². The highest BCUT2D eigenvalue weighted by Gasteiger charge is 2.22. The summed E-state index contributed by atoms with van der Waals surface area (Å²) >= 11 is 0. The maximum absolute atomic E-state index is 11.8. The first-order valence-electron chi connectivity index (χ1n) is 7.74. The zero-order valence-corrected chi connectivity index (χ0v) is 14.2. The second kappa shape index (κ2) is 10.3. The molecule has 132 valence electrons. The third-order valence-corrected chi connectivity index (χ3v) is 3.13. The molecule has 0 saturated heterocycles. The lowest BCUT2D eigenvalue weighted by atomic mass is 10.0. The molecule has 0 unspecified atom stereocenters. The molecule has 1 aromatic rings. The van der Waals surface area contributed by atoms with E-state index in [0.717, 1.165) is 5.56 Å². The number of hydrogen-bond donors (Lipinski definition) is 2. The first-order valence-corrected chi connectivity index (χ1v) is 7.74. The number of ether oxygens (including phenoxy) is 2. The minimum atomic E-state index is -0.732. The number of hydrogen-bond acceptors (Lipinski definition) is 5. The number of carbonyl (C=O) groups is 3. The van der Waals surface area contributed by atoms with E-state index in [9.17, 15) is 14.4 Å². The summed E-state index contributed by atoms with van der Waals surface area (Å²) < 4.78 is 9.66. The summed E-state index contributed by atoms with van der Waals surface area (Å²) in [6.07, 6.45) is -0.246. The molecule has 7 heteroatoms. The molecule has 0 radical (unpaired) electrons. The SMILES string of the molecule is COC(=O)[C@@H](CC(C)C)NC(=O)CNC(=O)OCc1ccccc1. The largest absolute Gasteiger partial charge is 0.467 e. The van der Waals surface area contributed by atoms with Gasteiger partial charge < -0.3 is 20.1 Å². The van der Waals surface area contributed by atoms with Gasteiger partial charge in [0.05, 0.1) is 7.11 Å². The van der Waals surface area contributed by atoms with E-state index in [-0.39, 0.29) is 19.1 Å². The van der Waals surface area contributed by atoms with Gasteiger partial charge in [-0.15, -0.1) is 0 Å². The quantitative estimate of drug-likeness (QED) is 0.704. The van der Waals surface area contributed by atoms with Crippen LogP contribution in [0.15, 0.2) is 30.3 Å². The van der Waals surface area contributed by atoms with Crippen LogP contribution in [0.5, 0.6) is 0 Å². The summed E-state index contributed by atoms with van der Waals surface area (Å²) in [5.74, 6) is -0.787.